The number of hydrogen-bond donors (Lipinski definition) is 1. The first-order valence-corrected chi connectivity index (χ1v) is 11.1. The topological polar surface area (TPSA) is 39.3 Å². The van der Waals surface area contributed by atoms with Gasteiger partial charge >= 0.3 is 0 Å². The van der Waals surface area contributed by atoms with Crippen LogP contribution in [0.15, 0.2) is 42.1 Å². The summed E-state index contributed by atoms with van der Waals surface area (Å²) in [5.41, 5.74) is 3.47. The van der Waals surface area contributed by atoms with E-state index in [9.17, 15) is 4.79 Å². The fourth-order valence-electron chi connectivity index (χ4n) is 6.63. The Hall–Kier alpha value is -2.07. The molecule has 4 nitrogen and oxygen atoms in total. The first kappa shape index (κ1) is 16.8. The van der Waals surface area contributed by atoms with Gasteiger partial charge in [-0.25, -0.2) is 0 Å². The molecule has 4 heterocycles. The van der Waals surface area contributed by atoms with Crippen molar-refractivity contribution in [2.24, 2.45) is 11.8 Å². The molecule has 1 aromatic carbocycles. The zero-order valence-electron chi connectivity index (χ0n) is 16.4. The Morgan fingerprint density at radius 2 is 2.07 bits per heavy atom. The van der Waals surface area contributed by atoms with E-state index in [4.69, 9.17) is 0 Å². The molecule has 1 N–H and O–H groups in total. The van der Waals surface area contributed by atoms with Gasteiger partial charge in [0.25, 0.3) is 5.91 Å². The monoisotopic (exact) mass is 375 g/mol. The maximum atomic E-state index is 13.7. The quantitative estimate of drug-likeness (QED) is 0.759. The minimum Gasteiger partial charge on any atom is -0.361 e. The van der Waals surface area contributed by atoms with Crippen LogP contribution in [0.25, 0.3) is 10.9 Å². The largest absolute Gasteiger partial charge is 0.361 e. The second kappa shape index (κ2) is 6.48. The number of aromatic amines is 1. The van der Waals surface area contributed by atoms with Crippen LogP contribution < -0.4 is 0 Å². The van der Waals surface area contributed by atoms with Gasteiger partial charge in [0.05, 0.1) is 6.04 Å². The third-order valence-corrected chi connectivity index (χ3v) is 7.74. The number of piperidine rings is 3. The average Bonchev–Trinajstić information content (AvgIpc) is 3.22. The highest BCUT2D eigenvalue weighted by Crippen LogP contribution is 2.45. The van der Waals surface area contributed by atoms with Crippen molar-refractivity contribution in [1.82, 2.24) is 14.8 Å². The van der Waals surface area contributed by atoms with Crippen LogP contribution >= 0.6 is 0 Å². The molecule has 6 rings (SSSR count). The second-order valence-electron chi connectivity index (χ2n) is 9.25. The Kier molecular flexibility index (Phi) is 3.90. The standard InChI is InChI=1S/C24H29N3O/c28-24(20-6-3-7-21-19(20)9-10-25-21)27-12-4-5-16-13-17-14-18(23(16)27)15-26-11-2-1-8-22(17)26/h3,6-7,9-10,13,17-18,22-23,25H,1-2,4-5,8,11-12,14-15H2/t17-,18+,22-,23-/m1/s1. The Labute approximate surface area is 166 Å². The van der Waals surface area contributed by atoms with Crippen molar-refractivity contribution in [3.05, 3.63) is 47.7 Å². The molecule has 3 fully saturated rings. The summed E-state index contributed by atoms with van der Waals surface area (Å²) in [5.74, 6) is 1.54. The van der Waals surface area contributed by atoms with Gasteiger partial charge in [-0.15, -0.1) is 0 Å². The second-order valence-corrected chi connectivity index (χ2v) is 9.25. The van der Waals surface area contributed by atoms with Gasteiger partial charge in [-0.2, -0.15) is 0 Å². The molecule has 4 atom stereocenters. The van der Waals surface area contributed by atoms with Crippen LogP contribution in [0, 0.1) is 11.8 Å². The van der Waals surface area contributed by atoms with Crippen molar-refractivity contribution >= 4 is 16.8 Å². The summed E-state index contributed by atoms with van der Waals surface area (Å²) >= 11 is 0. The summed E-state index contributed by atoms with van der Waals surface area (Å²) in [5, 5.41) is 1.05. The number of H-pyrrole nitrogens is 1. The van der Waals surface area contributed by atoms with E-state index in [1.165, 1.54) is 45.2 Å². The van der Waals surface area contributed by atoms with Crippen molar-refractivity contribution in [2.45, 2.75) is 50.6 Å². The van der Waals surface area contributed by atoms with Crippen LogP contribution in [0.2, 0.25) is 0 Å². The third kappa shape index (κ3) is 2.50. The first-order valence-electron chi connectivity index (χ1n) is 11.1. The van der Waals surface area contributed by atoms with Crippen molar-refractivity contribution in [3.63, 3.8) is 0 Å². The Morgan fingerprint density at radius 1 is 1.11 bits per heavy atom. The normalized spacial score (nSPS) is 32.6. The molecule has 4 heteroatoms. The number of fused-ring (bicyclic) bond motifs is 7. The van der Waals surface area contributed by atoms with Gasteiger partial charge in [0.2, 0.25) is 0 Å². The van der Waals surface area contributed by atoms with Gasteiger partial charge < -0.3 is 9.88 Å². The molecule has 1 amide bonds. The molecule has 4 aliphatic rings. The fraction of sp³-hybridized carbons (Fsp3) is 0.542. The molecule has 0 saturated carbocycles. The van der Waals surface area contributed by atoms with Crippen molar-refractivity contribution in [3.8, 4) is 0 Å². The Balaban J connectivity index is 1.36. The van der Waals surface area contributed by atoms with Gasteiger partial charge in [0.15, 0.2) is 0 Å². The highest BCUT2D eigenvalue weighted by Gasteiger charge is 2.47. The van der Waals surface area contributed by atoms with Crippen LogP contribution in [-0.4, -0.2) is 52.4 Å². The van der Waals surface area contributed by atoms with Crippen LogP contribution in [0.3, 0.4) is 0 Å². The summed E-state index contributed by atoms with van der Waals surface area (Å²) < 4.78 is 0. The van der Waals surface area contributed by atoms with Gasteiger partial charge in [0.1, 0.15) is 0 Å². The lowest BCUT2D eigenvalue weighted by atomic mass is 9.68. The summed E-state index contributed by atoms with van der Waals surface area (Å²) in [7, 11) is 0. The lowest BCUT2D eigenvalue weighted by molar-refractivity contribution is 0.00153. The molecule has 2 bridgehead atoms. The van der Waals surface area contributed by atoms with Crippen LogP contribution in [0.5, 0.6) is 0 Å². The van der Waals surface area contributed by atoms with E-state index >= 15 is 0 Å². The molecule has 146 valence electrons. The Bertz CT molecular complexity index is 944. The van der Waals surface area contributed by atoms with Crippen LogP contribution in [-0.2, 0) is 0 Å². The molecule has 3 saturated heterocycles. The van der Waals surface area contributed by atoms with Gasteiger partial charge in [-0.3, -0.25) is 9.69 Å². The highest BCUT2D eigenvalue weighted by atomic mass is 16.2. The van der Waals surface area contributed by atoms with E-state index < -0.39 is 0 Å². The summed E-state index contributed by atoms with van der Waals surface area (Å²) in [4.78, 5) is 21.9. The molecule has 0 spiro atoms. The van der Waals surface area contributed by atoms with Gasteiger partial charge in [-0.1, -0.05) is 24.1 Å². The van der Waals surface area contributed by atoms with Crippen LogP contribution in [0.1, 0.15) is 48.9 Å². The number of hydrogen-bond acceptors (Lipinski definition) is 2. The predicted molar refractivity (Wildman–Crippen MR) is 111 cm³/mol. The number of carbonyl (C=O) groups excluding carboxylic acids is 1. The molecule has 0 unspecified atom stereocenters. The number of aromatic nitrogens is 1. The smallest absolute Gasteiger partial charge is 0.255 e. The number of likely N-dealkylation sites (tertiary alicyclic amines) is 1. The summed E-state index contributed by atoms with van der Waals surface area (Å²) in [6.07, 6.45) is 12.2. The average molecular weight is 376 g/mol. The maximum Gasteiger partial charge on any atom is 0.255 e. The number of nitrogens with zero attached hydrogens (tertiary/aromatic N) is 2. The Morgan fingerprint density at radius 3 is 3.04 bits per heavy atom. The minimum absolute atomic E-state index is 0.222. The van der Waals surface area contributed by atoms with E-state index in [-0.39, 0.29) is 5.91 Å². The molecule has 0 radical (unpaired) electrons. The third-order valence-electron chi connectivity index (χ3n) is 7.74. The van der Waals surface area contributed by atoms with Crippen molar-refractivity contribution < 1.29 is 4.79 Å². The maximum absolute atomic E-state index is 13.7. The SMILES string of the molecule is O=C(c1cccc2[nH]ccc12)N1CCCC2=C[C@@H]3C[C@@H](CN4CCCC[C@H]34)[C@@H]21. The molecule has 1 aliphatic carbocycles. The molecular formula is C24H29N3O. The molecule has 28 heavy (non-hydrogen) atoms. The number of amides is 1. The van der Waals surface area contributed by atoms with E-state index in [1.807, 2.05) is 24.4 Å². The lowest BCUT2D eigenvalue weighted by Crippen LogP contribution is -2.60. The molecule has 1 aromatic heterocycles. The number of nitrogens with one attached hydrogen (secondary N) is 1. The van der Waals surface area contributed by atoms with Crippen LogP contribution in [0.4, 0.5) is 0 Å². The zero-order valence-corrected chi connectivity index (χ0v) is 16.4. The van der Waals surface area contributed by atoms with Crippen molar-refractivity contribution in [1.29, 1.82) is 0 Å². The molecule has 2 aromatic rings. The minimum atomic E-state index is 0.222. The lowest BCUT2D eigenvalue weighted by Gasteiger charge is -2.54. The fourth-order valence-corrected chi connectivity index (χ4v) is 6.63. The first-order chi connectivity index (χ1) is 13.8. The van der Waals surface area contributed by atoms with E-state index in [1.54, 1.807) is 5.57 Å². The summed E-state index contributed by atoms with van der Waals surface area (Å²) in [6.45, 7) is 3.33. The number of rotatable bonds is 1. The van der Waals surface area contributed by atoms with E-state index in [0.717, 1.165) is 35.5 Å². The predicted octanol–water partition coefficient (Wildman–Crippen LogP) is 4.20. The van der Waals surface area contributed by atoms with Crippen molar-refractivity contribution in [2.75, 3.05) is 19.6 Å². The highest BCUT2D eigenvalue weighted by molar-refractivity contribution is 6.06. The van der Waals surface area contributed by atoms with E-state index in [0.29, 0.717) is 17.9 Å². The summed E-state index contributed by atoms with van der Waals surface area (Å²) in [6, 6.07) is 9.18. The molecule has 3 aliphatic heterocycles. The number of benzene rings is 1. The van der Waals surface area contributed by atoms with Gasteiger partial charge in [-0.05, 0) is 68.7 Å². The molecular weight excluding hydrogens is 346 g/mol. The number of carbonyl (C=O) groups is 1. The van der Waals surface area contributed by atoms with Gasteiger partial charge in [0, 0.05) is 41.8 Å². The van der Waals surface area contributed by atoms with E-state index in [2.05, 4.69) is 26.9 Å². The zero-order chi connectivity index (χ0) is 18.7.